The maximum Gasteiger partial charge on any atom is 0.0972 e. The summed E-state index contributed by atoms with van der Waals surface area (Å²) in [5.41, 5.74) is 24.5. The third-order valence-corrected chi connectivity index (χ3v) is 23.3. The summed E-state index contributed by atoms with van der Waals surface area (Å²) < 4.78 is 0. The van der Waals surface area contributed by atoms with Gasteiger partial charge >= 0.3 is 0 Å². The Hall–Kier alpha value is -15.6. The van der Waals surface area contributed by atoms with Crippen molar-refractivity contribution >= 4 is 152 Å². The van der Waals surface area contributed by atoms with Crippen LogP contribution >= 0.6 is 0 Å². The van der Waals surface area contributed by atoms with E-state index < -0.39 is 0 Å². The first-order chi connectivity index (χ1) is 57.4. The minimum Gasteiger partial charge on any atom is -0.254 e. The Bertz CT molecular complexity index is 8150. The summed E-state index contributed by atoms with van der Waals surface area (Å²) in [5.74, 6) is 0. The molecular weight excluding hydrogens is 1410 g/mol. The molecule has 8 aromatic heterocycles. The lowest BCUT2D eigenvalue weighted by molar-refractivity contribution is 1.37. The van der Waals surface area contributed by atoms with E-state index in [2.05, 4.69) is 351 Å². The highest BCUT2D eigenvalue weighted by Gasteiger charge is 2.21. The fourth-order valence-electron chi connectivity index (χ4n) is 17.5. The number of aromatic nitrogens is 8. The third kappa shape index (κ3) is 11.4. The molecule has 536 valence electrons. The Morgan fingerprint density at radius 3 is 0.845 bits per heavy atom. The Morgan fingerprint density at radius 2 is 0.414 bits per heavy atom. The molecule has 0 saturated heterocycles. The standard InChI is InChI=1S/C58H34N4.C50H30N4/c1-2-9-48-46(7-1)47-8-3-4-10-49(47)51-34-45(17-23-50(48)51)55-28-22-44-33-40(20-26-53(44)61-55)39-19-25-52-43(32-39)21-27-54(60-52)41-15-13-38-31-42(16-14-37(38)30-41)56-24-18-36-12-11-35-6-5-29-59-57(35)58(36)62-56;1-2-9-31(10-3-1)42-25-21-36-29-34(19-23-43(36)52-42)35-20-24-44-37(30-35)22-27-45(53-44)47-38-12-4-6-14-40(38)48(41-15-7-5-13-39(41)47)46-26-18-33-17-16-32-11-8-28-51-49(32)50(33)54-46/h1-34H;1-30H. The van der Waals surface area contributed by atoms with Crippen LogP contribution in [0.3, 0.4) is 0 Å². The monoisotopic (exact) mass is 1470 g/mol. The summed E-state index contributed by atoms with van der Waals surface area (Å²) in [6.45, 7) is 0. The predicted molar refractivity (Wildman–Crippen MR) is 484 cm³/mol. The molecule has 0 unspecified atom stereocenters. The van der Waals surface area contributed by atoms with Crippen molar-refractivity contribution in [2.45, 2.75) is 0 Å². The first-order valence-corrected chi connectivity index (χ1v) is 39.2. The molecule has 0 spiro atoms. The molecule has 24 aromatic rings. The number of pyridine rings is 8. The van der Waals surface area contributed by atoms with Gasteiger partial charge in [0.15, 0.2) is 0 Å². The molecule has 0 radical (unpaired) electrons. The lowest BCUT2D eigenvalue weighted by atomic mass is 9.88. The highest BCUT2D eigenvalue weighted by molar-refractivity contribution is 6.26. The van der Waals surface area contributed by atoms with Gasteiger partial charge < -0.3 is 0 Å². The molecule has 0 aliphatic rings. The van der Waals surface area contributed by atoms with Crippen molar-refractivity contribution in [2.24, 2.45) is 0 Å². The van der Waals surface area contributed by atoms with E-state index >= 15 is 0 Å². The van der Waals surface area contributed by atoms with Crippen molar-refractivity contribution < 1.29 is 0 Å². The van der Waals surface area contributed by atoms with Crippen LogP contribution in [0.2, 0.25) is 0 Å². The van der Waals surface area contributed by atoms with Gasteiger partial charge in [0, 0.05) is 88.9 Å². The third-order valence-electron chi connectivity index (χ3n) is 23.3. The Morgan fingerprint density at radius 1 is 0.138 bits per heavy atom. The Labute approximate surface area is 665 Å². The number of nitrogens with zero attached hydrogens (tertiary/aromatic N) is 8. The van der Waals surface area contributed by atoms with Gasteiger partial charge in [-0.3, -0.25) is 9.97 Å². The zero-order chi connectivity index (χ0) is 76.3. The summed E-state index contributed by atoms with van der Waals surface area (Å²) in [6, 6.07) is 134. The largest absolute Gasteiger partial charge is 0.254 e. The van der Waals surface area contributed by atoms with Gasteiger partial charge in [-0.1, -0.05) is 261 Å². The fraction of sp³-hybridized carbons (Fsp3) is 0. The topological polar surface area (TPSA) is 103 Å². The molecule has 0 aliphatic carbocycles. The van der Waals surface area contributed by atoms with E-state index in [1.54, 1.807) is 0 Å². The van der Waals surface area contributed by atoms with E-state index in [1.165, 1.54) is 32.3 Å². The molecule has 8 heterocycles. The lowest BCUT2D eigenvalue weighted by Crippen LogP contribution is -1.95. The van der Waals surface area contributed by atoms with E-state index in [4.69, 9.17) is 34.9 Å². The van der Waals surface area contributed by atoms with E-state index in [0.29, 0.717) is 0 Å². The van der Waals surface area contributed by atoms with Gasteiger partial charge in [-0.15, -0.1) is 0 Å². The average molecular weight is 1470 g/mol. The van der Waals surface area contributed by atoms with Gasteiger partial charge in [-0.2, -0.15) is 0 Å². The molecule has 0 fully saturated rings. The summed E-state index contributed by atoms with van der Waals surface area (Å²) in [6.07, 6.45) is 3.68. The molecule has 0 aliphatic heterocycles. The smallest absolute Gasteiger partial charge is 0.0972 e. The molecule has 16 aromatic carbocycles. The summed E-state index contributed by atoms with van der Waals surface area (Å²) in [7, 11) is 0. The molecule has 0 saturated carbocycles. The van der Waals surface area contributed by atoms with Crippen molar-refractivity contribution in [2.75, 3.05) is 0 Å². The minimum atomic E-state index is 0.913. The number of hydrogen-bond donors (Lipinski definition) is 0. The zero-order valence-electron chi connectivity index (χ0n) is 62.5. The average Bonchev–Trinajstić information content (AvgIpc) is 0.756. The van der Waals surface area contributed by atoms with Gasteiger partial charge in [0.2, 0.25) is 0 Å². The molecule has 0 bridgehead atoms. The Kier molecular flexibility index (Phi) is 15.5. The van der Waals surface area contributed by atoms with Crippen molar-refractivity contribution in [3.05, 3.63) is 389 Å². The van der Waals surface area contributed by atoms with E-state index in [1.807, 2.05) is 42.7 Å². The minimum absolute atomic E-state index is 0.913. The Balaban J connectivity index is 0.000000138. The second-order valence-corrected chi connectivity index (χ2v) is 30.1. The van der Waals surface area contributed by atoms with Crippen LogP contribution in [0.5, 0.6) is 0 Å². The molecule has 0 amide bonds. The van der Waals surface area contributed by atoms with Gasteiger partial charge in [-0.05, 0) is 202 Å². The van der Waals surface area contributed by atoms with Crippen LogP contribution < -0.4 is 0 Å². The quantitative estimate of drug-likeness (QED) is 0.109. The van der Waals surface area contributed by atoms with Crippen molar-refractivity contribution in [3.8, 4) is 89.8 Å². The highest BCUT2D eigenvalue weighted by Crippen LogP contribution is 2.45. The lowest BCUT2D eigenvalue weighted by Gasteiger charge is -2.17. The van der Waals surface area contributed by atoms with Crippen LogP contribution in [0.4, 0.5) is 0 Å². The summed E-state index contributed by atoms with van der Waals surface area (Å²) in [5, 5.41) is 23.3. The first-order valence-electron chi connectivity index (χ1n) is 39.2. The van der Waals surface area contributed by atoms with Crippen LogP contribution in [-0.2, 0) is 0 Å². The summed E-state index contributed by atoms with van der Waals surface area (Å²) in [4.78, 5) is 40.3. The van der Waals surface area contributed by atoms with Gasteiger partial charge in [0.05, 0.1) is 78.3 Å². The maximum atomic E-state index is 5.31. The number of rotatable bonds is 8. The second kappa shape index (κ2) is 27.1. The van der Waals surface area contributed by atoms with E-state index in [-0.39, 0.29) is 0 Å². The predicted octanol–water partition coefficient (Wildman–Crippen LogP) is 28.0. The van der Waals surface area contributed by atoms with Gasteiger partial charge in [0.25, 0.3) is 0 Å². The maximum absolute atomic E-state index is 5.31. The van der Waals surface area contributed by atoms with Crippen molar-refractivity contribution in [1.82, 2.24) is 39.9 Å². The molecule has 24 rings (SSSR count). The highest BCUT2D eigenvalue weighted by atomic mass is 14.8. The van der Waals surface area contributed by atoms with Gasteiger partial charge in [-0.25, -0.2) is 29.9 Å². The van der Waals surface area contributed by atoms with Crippen LogP contribution in [0, 0.1) is 0 Å². The zero-order valence-corrected chi connectivity index (χ0v) is 62.5. The fourth-order valence-corrected chi connectivity index (χ4v) is 17.5. The molecular formula is C108H64N8. The first kappa shape index (κ1) is 66.2. The van der Waals surface area contributed by atoms with Gasteiger partial charge in [0.1, 0.15) is 0 Å². The SMILES string of the molecule is c1ccc(-c2ccc3cc(-c4ccc5nc(-c6c7ccccc7c(-c7ccc8ccc9cccnc9c8n7)c7ccccc67)ccc5c4)ccc3n2)cc1.c1cnc2c(c1)ccc1ccc(-c3ccc4cc(-c5ccc6cc(-c7ccc8nc(-c9ccc%10c%11ccccc%11c%11ccccc%11c%10c9)ccc8c7)ccc6n5)ccc4c3)nc12. The normalized spacial score (nSPS) is 11.8. The van der Waals surface area contributed by atoms with Crippen molar-refractivity contribution in [3.63, 3.8) is 0 Å². The van der Waals surface area contributed by atoms with Crippen LogP contribution in [0.15, 0.2) is 389 Å². The molecule has 8 nitrogen and oxygen atoms in total. The number of hydrogen-bond acceptors (Lipinski definition) is 8. The number of benzene rings is 16. The molecule has 0 N–H and O–H groups in total. The molecule has 8 heteroatoms. The van der Waals surface area contributed by atoms with Crippen LogP contribution in [-0.4, -0.2) is 39.9 Å². The summed E-state index contributed by atoms with van der Waals surface area (Å²) >= 11 is 0. The van der Waals surface area contributed by atoms with Crippen molar-refractivity contribution in [1.29, 1.82) is 0 Å². The molecule has 116 heavy (non-hydrogen) atoms. The molecule has 0 atom stereocenters. The van der Waals surface area contributed by atoms with E-state index in [0.717, 1.165) is 209 Å². The number of fused-ring (bicyclic) bond motifs is 19. The van der Waals surface area contributed by atoms with Crippen LogP contribution in [0.25, 0.3) is 242 Å². The van der Waals surface area contributed by atoms with E-state index in [9.17, 15) is 0 Å². The van der Waals surface area contributed by atoms with Crippen LogP contribution in [0.1, 0.15) is 0 Å². The second-order valence-electron chi connectivity index (χ2n) is 30.1.